The molecule has 0 fully saturated rings. The van der Waals surface area contributed by atoms with Gasteiger partial charge in [0, 0.05) is 21.9 Å². The Morgan fingerprint density at radius 2 is 1.54 bits per heavy atom. The number of carboxylic acid groups (broad SMARTS) is 1. The minimum Gasteiger partial charge on any atom is -0.478 e. The molecule has 3 N–H and O–H groups in total. The predicted octanol–water partition coefficient (Wildman–Crippen LogP) is 4.42. The smallest absolute Gasteiger partial charge is 0.335 e. The van der Waals surface area contributed by atoms with Crippen LogP contribution in [0.1, 0.15) is 10.4 Å². The third-order valence-electron chi connectivity index (χ3n) is 3.15. The molecule has 0 unspecified atom stereocenters. The second-order valence-corrected chi connectivity index (χ2v) is 5.85. The van der Waals surface area contributed by atoms with Crippen molar-refractivity contribution >= 4 is 44.9 Å². The predicted molar refractivity (Wildman–Crippen MR) is 96.1 cm³/mol. The first kappa shape index (κ1) is 15.9. The van der Waals surface area contributed by atoms with E-state index in [9.17, 15) is 4.79 Å². The molecule has 2 aromatic carbocycles. The van der Waals surface area contributed by atoms with Crippen molar-refractivity contribution in [2.24, 2.45) is 0 Å². The maximum atomic E-state index is 11.0. The number of anilines is 4. The molecule has 0 saturated carbocycles. The molecule has 0 saturated heterocycles. The van der Waals surface area contributed by atoms with Crippen LogP contribution in [-0.4, -0.2) is 21.0 Å². The fourth-order valence-corrected chi connectivity index (χ4v) is 2.49. The zero-order chi connectivity index (χ0) is 16.9. The van der Waals surface area contributed by atoms with Gasteiger partial charge in [0.15, 0.2) is 0 Å². The van der Waals surface area contributed by atoms with Crippen LogP contribution in [0.4, 0.5) is 23.0 Å². The molecule has 0 bridgehead atoms. The number of aromatic carboxylic acids is 1. The normalized spacial score (nSPS) is 10.2. The molecule has 0 atom stereocenters. The van der Waals surface area contributed by atoms with Gasteiger partial charge in [-0.25, -0.2) is 14.8 Å². The Kier molecular flexibility index (Phi) is 4.72. The molecular formula is C17H13BrN4O2. The quantitative estimate of drug-likeness (QED) is 0.603. The highest BCUT2D eigenvalue weighted by Crippen LogP contribution is 2.22. The number of rotatable bonds is 5. The zero-order valence-electron chi connectivity index (χ0n) is 12.4. The second-order valence-electron chi connectivity index (χ2n) is 4.93. The molecular weight excluding hydrogens is 372 g/mol. The van der Waals surface area contributed by atoms with E-state index in [-0.39, 0.29) is 5.56 Å². The van der Waals surface area contributed by atoms with E-state index in [1.54, 1.807) is 24.3 Å². The lowest BCUT2D eigenvalue weighted by Crippen LogP contribution is -2.00. The van der Waals surface area contributed by atoms with Gasteiger partial charge in [-0.15, -0.1) is 0 Å². The summed E-state index contributed by atoms with van der Waals surface area (Å²) in [6.45, 7) is 0. The van der Waals surface area contributed by atoms with E-state index in [1.807, 2.05) is 24.3 Å². The molecule has 3 rings (SSSR count). The minimum atomic E-state index is -0.974. The number of benzene rings is 2. The molecule has 0 amide bonds. The Labute approximate surface area is 146 Å². The number of carboxylic acids is 1. The Bertz CT molecular complexity index is 886. The molecule has 0 aliphatic rings. The van der Waals surface area contributed by atoms with Crippen LogP contribution in [0.25, 0.3) is 0 Å². The maximum Gasteiger partial charge on any atom is 0.335 e. The van der Waals surface area contributed by atoms with Gasteiger partial charge in [-0.1, -0.05) is 28.1 Å². The molecule has 1 aromatic heterocycles. The summed E-state index contributed by atoms with van der Waals surface area (Å²) in [7, 11) is 0. The molecule has 1 heterocycles. The fourth-order valence-electron chi connectivity index (χ4n) is 2.09. The van der Waals surface area contributed by atoms with Crippen molar-refractivity contribution in [2.45, 2.75) is 0 Å². The van der Waals surface area contributed by atoms with E-state index in [0.29, 0.717) is 17.3 Å². The third kappa shape index (κ3) is 4.08. The highest BCUT2D eigenvalue weighted by molar-refractivity contribution is 9.10. The molecule has 0 aliphatic carbocycles. The van der Waals surface area contributed by atoms with Gasteiger partial charge >= 0.3 is 5.97 Å². The summed E-state index contributed by atoms with van der Waals surface area (Å²) in [4.78, 5) is 19.4. The van der Waals surface area contributed by atoms with Crippen LogP contribution in [0.15, 0.2) is 65.4 Å². The van der Waals surface area contributed by atoms with Gasteiger partial charge in [0.05, 0.1) is 5.56 Å². The third-order valence-corrected chi connectivity index (χ3v) is 3.64. The average molecular weight is 385 g/mol. The van der Waals surface area contributed by atoms with Gasteiger partial charge in [-0.05, 0) is 36.4 Å². The molecule has 0 spiro atoms. The van der Waals surface area contributed by atoms with Gasteiger partial charge in [-0.2, -0.15) is 0 Å². The van der Waals surface area contributed by atoms with Crippen LogP contribution in [0.2, 0.25) is 0 Å². The van der Waals surface area contributed by atoms with E-state index < -0.39 is 5.97 Å². The van der Waals surface area contributed by atoms with Crippen molar-refractivity contribution in [3.8, 4) is 0 Å². The fraction of sp³-hybridized carbons (Fsp3) is 0. The van der Waals surface area contributed by atoms with Gasteiger partial charge < -0.3 is 15.7 Å². The Morgan fingerprint density at radius 1 is 0.917 bits per heavy atom. The van der Waals surface area contributed by atoms with Crippen molar-refractivity contribution in [2.75, 3.05) is 10.6 Å². The largest absolute Gasteiger partial charge is 0.478 e. The lowest BCUT2D eigenvalue weighted by molar-refractivity contribution is 0.0697. The molecule has 120 valence electrons. The molecule has 0 radical (unpaired) electrons. The highest BCUT2D eigenvalue weighted by Gasteiger charge is 2.05. The van der Waals surface area contributed by atoms with E-state index in [1.165, 1.54) is 12.4 Å². The average Bonchev–Trinajstić information content (AvgIpc) is 2.55. The van der Waals surface area contributed by atoms with Crippen LogP contribution in [0.5, 0.6) is 0 Å². The Balaban J connectivity index is 1.78. The summed E-state index contributed by atoms with van der Waals surface area (Å²) in [5.74, 6) is 0.211. The molecule has 7 heteroatoms. The molecule has 0 aliphatic heterocycles. The van der Waals surface area contributed by atoms with E-state index >= 15 is 0 Å². The first-order chi connectivity index (χ1) is 11.6. The summed E-state index contributed by atoms with van der Waals surface area (Å²) in [5.41, 5.74) is 1.74. The maximum absolute atomic E-state index is 11.0. The van der Waals surface area contributed by atoms with E-state index in [4.69, 9.17) is 5.11 Å². The lowest BCUT2D eigenvalue weighted by Gasteiger charge is -2.09. The van der Waals surface area contributed by atoms with Crippen LogP contribution in [0, 0.1) is 0 Å². The molecule has 3 aromatic rings. The zero-order valence-corrected chi connectivity index (χ0v) is 14.0. The van der Waals surface area contributed by atoms with Gasteiger partial charge in [0.2, 0.25) is 0 Å². The number of nitrogens with one attached hydrogen (secondary N) is 2. The van der Waals surface area contributed by atoms with E-state index in [0.717, 1.165) is 10.2 Å². The number of carbonyl (C=O) groups is 1. The number of hydrogen-bond donors (Lipinski definition) is 3. The van der Waals surface area contributed by atoms with Crippen molar-refractivity contribution in [1.82, 2.24) is 9.97 Å². The Hall–Kier alpha value is -2.93. The van der Waals surface area contributed by atoms with Crippen molar-refractivity contribution in [1.29, 1.82) is 0 Å². The molecule has 6 nitrogen and oxygen atoms in total. The van der Waals surface area contributed by atoms with Crippen molar-refractivity contribution < 1.29 is 9.90 Å². The highest BCUT2D eigenvalue weighted by atomic mass is 79.9. The van der Waals surface area contributed by atoms with Crippen LogP contribution in [-0.2, 0) is 0 Å². The van der Waals surface area contributed by atoms with Crippen LogP contribution < -0.4 is 10.6 Å². The number of nitrogens with zero attached hydrogens (tertiary/aromatic N) is 2. The Morgan fingerprint density at radius 3 is 2.17 bits per heavy atom. The number of aromatic nitrogens is 2. The first-order valence-corrected chi connectivity index (χ1v) is 7.84. The van der Waals surface area contributed by atoms with Gasteiger partial charge in [0.1, 0.15) is 18.0 Å². The van der Waals surface area contributed by atoms with Crippen LogP contribution >= 0.6 is 15.9 Å². The summed E-state index contributed by atoms with van der Waals surface area (Å²) in [6, 6.07) is 16.0. The summed E-state index contributed by atoms with van der Waals surface area (Å²) < 4.78 is 0.963. The summed E-state index contributed by atoms with van der Waals surface area (Å²) >= 11 is 3.42. The monoisotopic (exact) mass is 384 g/mol. The summed E-state index contributed by atoms with van der Waals surface area (Å²) in [5, 5.41) is 15.3. The second kappa shape index (κ2) is 7.10. The SMILES string of the molecule is O=C(O)c1cccc(Nc2cc(Nc3cccc(Br)c3)ncn2)c1. The first-order valence-electron chi connectivity index (χ1n) is 7.05. The standard InChI is InChI=1S/C17H13BrN4O2/c18-12-4-2-6-14(8-12)22-16-9-15(19-10-20-16)21-13-5-1-3-11(7-13)17(23)24/h1-10H,(H,23,24)(H2,19,20,21,22). The van der Waals surface area contributed by atoms with Gasteiger partial charge in [0.25, 0.3) is 0 Å². The number of halogens is 1. The van der Waals surface area contributed by atoms with Crippen molar-refractivity contribution in [3.63, 3.8) is 0 Å². The topological polar surface area (TPSA) is 87.1 Å². The van der Waals surface area contributed by atoms with Crippen molar-refractivity contribution in [3.05, 3.63) is 71.0 Å². The molecule has 24 heavy (non-hydrogen) atoms. The van der Waals surface area contributed by atoms with Gasteiger partial charge in [-0.3, -0.25) is 0 Å². The van der Waals surface area contributed by atoms with E-state index in [2.05, 4.69) is 36.5 Å². The van der Waals surface area contributed by atoms with Crippen LogP contribution in [0.3, 0.4) is 0 Å². The summed E-state index contributed by atoms with van der Waals surface area (Å²) in [6.07, 6.45) is 1.43. The lowest BCUT2D eigenvalue weighted by atomic mass is 10.2. The number of hydrogen-bond acceptors (Lipinski definition) is 5. The minimum absolute atomic E-state index is 0.210.